The molecule has 1 rings (SSSR count). The second-order valence-electron chi connectivity index (χ2n) is 4.74. The molecule has 0 amide bonds. The predicted molar refractivity (Wildman–Crippen MR) is 72.5 cm³/mol. The molecule has 0 radical (unpaired) electrons. The van der Waals surface area contributed by atoms with Crippen molar-refractivity contribution < 1.29 is 19.1 Å². The van der Waals surface area contributed by atoms with E-state index in [1.54, 1.807) is 26.8 Å². The van der Waals surface area contributed by atoms with Crippen LogP contribution in [0.5, 0.6) is 0 Å². The average molecular weight is 268 g/mol. The summed E-state index contributed by atoms with van der Waals surface area (Å²) in [6, 6.07) is 0. The monoisotopic (exact) mass is 268 g/mol. The zero-order valence-corrected chi connectivity index (χ0v) is 12.1. The second kappa shape index (κ2) is 7.97. The van der Waals surface area contributed by atoms with Gasteiger partial charge in [0.25, 0.3) is 0 Å². The Morgan fingerprint density at radius 3 is 2.21 bits per heavy atom. The normalized spacial score (nSPS) is 18.2. The van der Waals surface area contributed by atoms with Crippen LogP contribution in [-0.4, -0.2) is 25.2 Å². The molecular weight excluding hydrogens is 244 g/mol. The predicted octanol–water partition coefficient (Wildman–Crippen LogP) is 2.87. The number of allylic oxidation sites excluding steroid dienone is 1. The van der Waals surface area contributed by atoms with E-state index in [1.165, 1.54) is 0 Å². The maximum atomic E-state index is 12.2. The minimum absolute atomic E-state index is 0.203. The molecule has 4 nitrogen and oxygen atoms in total. The first-order valence-corrected chi connectivity index (χ1v) is 7.15. The van der Waals surface area contributed by atoms with E-state index in [0.29, 0.717) is 18.8 Å². The van der Waals surface area contributed by atoms with Crippen molar-refractivity contribution in [3.63, 3.8) is 0 Å². The van der Waals surface area contributed by atoms with Crippen molar-refractivity contribution in [3.8, 4) is 0 Å². The Morgan fingerprint density at radius 1 is 1.16 bits per heavy atom. The topological polar surface area (TPSA) is 52.6 Å². The summed E-state index contributed by atoms with van der Waals surface area (Å²) in [5.74, 6) is -0.952. The zero-order chi connectivity index (χ0) is 14.3. The van der Waals surface area contributed by atoms with Gasteiger partial charge in [-0.15, -0.1) is 0 Å². The second-order valence-corrected chi connectivity index (χ2v) is 4.74. The van der Waals surface area contributed by atoms with Crippen molar-refractivity contribution >= 4 is 11.9 Å². The van der Waals surface area contributed by atoms with Crippen LogP contribution >= 0.6 is 0 Å². The van der Waals surface area contributed by atoms with E-state index >= 15 is 0 Å². The highest BCUT2D eigenvalue weighted by Gasteiger charge is 2.37. The summed E-state index contributed by atoms with van der Waals surface area (Å²) >= 11 is 0. The Hall–Kier alpha value is -1.32. The lowest BCUT2D eigenvalue weighted by molar-refractivity contribution is -0.151. The first-order chi connectivity index (χ1) is 9.15. The molecule has 0 aromatic rings. The van der Waals surface area contributed by atoms with Gasteiger partial charge in [-0.2, -0.15) is 0 Å². The molecule has 1 aliphatic carbocycles. The first kappa shape index (κ1) is 15.7. The van der Waals surface area contributed by atoms with Gasteiger partial charge in [-0.1, -0.05) is 18.9 Å². The quantitative estimate of drug-likeness (QED) is 0.549. The Bertz CT molecular complexity index is 340. The SMILES string of the molecule is CC=C(C(=O)OCC)C(C(=O)OCC)C1CCCC1. The highest BCUT2D eigenvalue weighted by Crippen LogP contribution is 2.36. The van der Waals surface area contributed by atoms with E-state index < -0.39 is 11.9 Å². The van der Waals surface area contributed by atoms with E-state index in [2.05, 4.69) is 0 Å². The molecule has 0 heterocycles. The molecule has 1 atom stereocenters. The van der Waals surface area contributed by atoms with E-state index in [-0.39, 0.29) is 11.9 Å². The summed E-state index contributed by atoms with van der Waals surface area (Å²) in [4.78, 5) is 24.2. The van der Waals surface area contributed by atoms with Crippen LogP contribution < -0.4 is 0 Å². The van der Waals surface area contributed by atoms with Gasteiger partial charge >= 0.3 is 11.9 Å². The Kier molecular flexibility index (Phi) is 6.60. The fourth-order valence-electron chi connectivity index (χ4n) is 2.73. The highest BCUT2D eigenvalue weighted by atomic mass is 16.5. The number of carbonyl (C=O) groups is 2. The van der Waals surface area contributed by atoms with Crippen LogP contribution in [0.4, 0.5) is 0 Å². The standard InChI is InChI=1S/C15H24O4/c1-4-12(14(16)18-5-2)13(15(17)19-6-3)11-9-7-8-10-11/h4,11,13H,5-10H2,1-3H3. The van der Waals surface area contributed by atoms with Gasteiger partial charge in [-0.3, -0.25) is 4.79 Å². The molecule has 0 aromatic carbocycles. The minimum Gasteiger partial charge on any atom is -0.466 e. The zero-order valence-electron chi connectivity index (χ0n) is 12.1. The van der Waals surface area contributed by atoms with E-state index in [1.807, 2.05) is 0 Å². The van der Waals surface area contributed by atoms with E-state index in [4.69, 9.17) is 9.47 Å². The van der Waals surface area contributed by atoms with Crippen molar-refractivity contribution in [2.24, 2.45) is 11.8 Å². The lowest BCUT2D eigenvalue weighted by atomic mass is 9.84. The summed E-state index contributed by atoms with van der Waals surface area (Å²) in [6.45, 7) is 5.97. The summed E-state index contributed by atoms with van der Waals surface area (Å²) in [6.07, 6.45) is 5.86. The number of ether oxygens (including phenoxy) is 2. The van der Waals surface area contributed by atoms with Crippen molar-refractivity contribution in [1.82, 2.24) is 0 Å². The molecule has 0 N–H and O–H groups in total. The van der Waals surface area contributed by atoms with Gasteiger partial charge in [-0.05, 0) is 39.5 Å². The molecule has 0 saturated heterocycles. The summed E-state index contributed by atoms with van der Waals surface area (Å²) < 4.78 is 10.2. The van der Waals surface area contributed by atoms with Gasteiger partial charge < -0.3 is 9.47 Å². The third-order valence-corrected chi connectivity index (χ3v) is 3.57. The molecule has 0 aromatic heterocycles. The maximum Gasteiger partial charge on any atom is 0.334 e. The van der Waals surface area contributed by atoms with Gasteiger partial charge in [0.15, 0.2) is 0 Å². The summed E-state index contributed by atoms with van der Waals surface area (Å²) in [7, 11) is 0. The van der Waals surface area contributed by atoms with Crippen LogP contribution in [0, 0.1) is 11.8 Å². The average Bonchev–Trinajstić information content (AvgIpc) is 2.89. The van der Waals surface area contributed by atoms with Crippen molar-refractivity contribution in [2.45, 2.75) is 46.5 Å². The molecule has 0 aliphatic heterocycles. The van der Waals surface area contributed by atoms with Crippen LogP contribution in [0.25, 0.3) is 0 Å². The minimum atomic E-state index is -0.466. The number of esters is 2. The van der Waals surface area contributed by atoms with Gasteiger partial charge in [0.05, 0.1) is 19.1 Å². The van der Waals surface area contributed by atoms with E-state index in [9.17, 15) is 9.59 Å². The molecule has 0 spiro atoms. The van der Waals surface area contributed by atoms with Crippen molar-refractivity contribution in [2.75, 3.05) is 13.2 Å². The summed E-state index contributed by atoms with van der Waals surface area (Å²) in [5, 5.41) is 0. The lowest BCUT2D eigenvalue weighted by Crippen LogP contribution is -2.30. The number of hydrogen-bond donors (Lipinski definition) is 0. The smallest absolute Gasteiger partial charge is 0.334 e. The van der Waals surface area contributed by atoms with Crippen LogP contribution in [-0.2, 0) is 19.1 Å². The van der Waals surface area contributed by atoms with Crippen LogP contribution in [0.1, 0.15) is 46.5 Å². The van der Waals surface area contributed by atoms with Crippen LogP contribution in [0.15, 0.2) is 11.6 Å². The molecule has 1 saturated carbocycles. The molecule has 1 aliphatic rings. The molecule has 108 valence electrons. The largest absolute Gasteiger partial charge is 0.466 e. The third-order valence-electron chi connectivity index (χ3n) is 3.57. The Balaban J connectivity index is 2.92. The molecular formula is C15H24O4. The van der Waals surface area contributed by atoms with Crippen molar-refractivity contribution in [1.29, 1.82) is 0 Å². The number of carbonyl (C=O) groups excluding carboxylic acids is 2. The molecule has 4 heteroatoms. The van der Waals surface area contributed by atoms with Gasteiger partial charge in [0.1, 0.15) is 0 Å². The number of hydrogen-bond acceptors (Lipinski definition) is 4. The molecule has 0 bridgehead atoms. The highest BCUT2D eigenvalue weighted by molar-refractivity contribution is 5.95. The molecule has 1 fully saturated rings. The lowest BCUT2D eigenvalue weighted by Gasteiger charge is -2.23. The fourth-order valence-corrected chi connectivity index (χ4v) is 2.73. The van der Waals surface area contributed by atoms with Gasteiger partial charge in [-0.25, -0.2) is 4.79 Å². The van der Waals surface area contributed by atoms with Crippen LogP contribution in [0.3, 0.4) is 0 Å². The van der Waals surface area contributed by atoms with E-state index in [0.717, 1.165) is 25.7 Å². The molecule has 1 unspecified atom stereocenters. The first-order valence-electron chi connectivity index (χ1n) is 7.15. The fraction of sp³-hybridized carbons (Fsp3) is 0.733. The van der Waals surface area contributed by atoms with Crippen molar-refractivity contribution in [3.05, 3.63) is 11.6 Å². The molecule has 19 heavy (non-hydrogen) atoms. The number of rotatable bonds is 6. The Morgan fingerprint density at radius 2 is 1.74 bits per heavy atom. The van der Waals surface area contributed by atoms with Gasteiger partial charge in [0, 0.05) is 5.57 Å². The maximum absolute atomic E-state index is 12.2. The summed E-state index contributed by atoms with van der Waals surface area (Å²) in [5.41, 5.74) is 0.451. The van der Waals surface area contributed by atoms with Gasteiger partial charge in [0.2, 0.25) is 0 Å². The Labute approximate surface area is 115 Å². The van der Waals surface area contributed by atoms with Crippen LogP contribution in [0.2, 0.25) is 0 Å². The third kappa shape index (κ3) is 4.08.